The Balaban J connectivity index is -0.00000140. The van der Waals surface area contributed by atoms with Gasteiger partial charge < -0.3 is 15.8 Å². The van der Waals surface area contributed by atoms with Gasteiger partial charge in [0.05, 0.1) is 0 Å². The van der Waals surface area contributed by atoms with Crippen LogP contribution in [0.15, 0.2) is 47.3 Å². The second-order valence-electron chi connectivity index (χ2n) is 8.35. The molecule has 0 saturated heterocycles. The van der Waals surface area contributed by atoms with E-state index in [-0.39, 0.29) is 37.5 Å². The molecular formula is C32H54N4O4. The minimum Gasteiger partial charge on any atom is -0.459 e. The molecule has 0 saturated carbocycles. The van der Waals surface area contributed by atoms with Crippen LogP contribution in [0.3, 0.4) is 0 Å². The Morgan fingerprint density at radius 3 is 1.95 bits per heavy atom. The lowest BCUT2D eigenvalue weighted by atomic mass is 10.1. The van der Waals surface area contributed by atoms with Crippen LogP contribution in [0.4, 0.5) is 5.82 Å². The molecule has 0 unspecified atom stereocenters. The second kappa shape index (κ2) is 21.2. The molecule has 3 rings (SSSR count). The lowest BCUT2D eigenvalue weighted by molar-refractivity contribution is -0.155. The molecule has 40 heavy (non-hydrogen) atoms. The van der Waals surface area contributed by atoms with Crippen molar-refractivity contribution >= 4 is 28.7 Å². The van der Waals surface area contributed by atoms with Crippen LogP contribution < -0.4 is 16.6 Å². The smallest absolute Gasteiger partial charge is 0.326 e. The molecule has 0 aliphatic rings. The summed E-state index contributed by atoms with van der Waals surface area (Å²) in [6, 6.07) is 12.4. The lowest BCUT2D eigenvalue weighted by Crippen LogP contribution is -2.36. The van der Waals surface area contributed by atoms with E-state index in [0.29, 0.717) is 5.39 Å². The van der Waals surface area contributed by atoms with Crippen LogP contribution in [0, 0.1) is 6.92 Å². The average Bonchev–Trinajstić information content (AvgIpc) is 2.93. The van der Waals surface area contributed by atoms with Gasteiger partial charge in [-0.25, -0.2) is 4.98 Å². The molecule has 0 aliphatic heterocycles. The Bertz CT molecular complexity index is 1190. The van der Waals surface area contributed by atoms with Gasteiger partial charge >= 0.3 is 5.97 Å². The van der Waals surface area contributed by atoms with Gasteiger partial charge in [-0.1, -0.05) is 92.6 Å². The standard InChI is InChI=1S/C23H26N4O4.4C2H6.CH4/c1-14-5-7-15(8-6-14)12-25-21(29)17-11-16-9-10-18(24)26-20(16)27(22(17)30)13-19(28)31-23(2,3)4;4*1-2;/h5-11H,12-13H2,1-4H3,(H2,24,26)(H,25,29);4*1-2H3;1H4. The normalized spacial score (nSPS) is 9.40. The molecule has 8 nitrogen and oxygen atoms in total. The number of esters is 1. The number of anilines is 1. The molecule has 2 aromatic heterocycles. The fraction of sp³-hybridized carbons (Fsp3) is 0.500. The van der Waals surface area contributed by atoms with E-state index in [0.717, 1.165) is 15.7 Å². The summed E-state index contributed by atoms with van der Waals surface area (Å²) < 4.78 is 6.46. The van der Waals surface area contributed by atoms with Gasteiger partial charge in [0.2, 0.25) is 0 Å². The number of hydrogen-bond acceptors (Lipinski definition) is 6. The van der Waals surface area contributed by atoms with Gasteiger partial charge in [0, 0.05) is 11.9 Å². The number of nitrogens with zero attached hydrogens (tertiary/aromatic N) is 2. The maximum Gasteiger partial charge on any atom is 0.326 e. The predicted octanol–water partition coefficient (Wildman–Crippen LogP) is 7.30. The molecule has 3 N–H and O–H groups in total. The number of aryl methyl sites for hydroxylation is 1. The van der Waals surface area contributed by atoms with E-state index in [4.69, 9.17) is 10.5 Å². The van der Waals surface area contributed by atoms with Gasteiger partial charge in [0.1, 0.15) is 29.2 Å². The summed E-state index contributed by atoms with van der Waals surface area (Å²) in [5.41, 5.74) is 6.56. The van der Waals surface area contributed by atoms with E-state index in [9.17, 15) is 14.4 Å². The molecule has 0 spiro atoms. The van der Waals surface area contributed by atoms with Crippen LogP contribution in [0.1, 0.15) is 105 Å². The number of nitrogens with one attached hydrogen (secondary N) is 1. The van der Waals surface area contributed by atoms with E-state index in [1.807, 2.05) is 86.6 Å². The summed E-state index contributed by atoms with van der Waals surface area (Å²) in [4.78, 5) is 42.5. The number of hydrogen-bond donors (Lipinski definition) is 2. The largest absolute Gasteiger partial charge is 0.459 e. The molecule has 2 heterocycles. The fourth-order valence-corrected chi connectivity index (χ4v) is 3.06. The topological polar surface area (TPSA) is 116 Å². The Labute approximate surface area is 242 Å². The number of carbonyl (C=O) groups excluding carboxylic acids is 2. The van der Waals surface area contributed by atoms with Crippen molar-refractivity contribution in [1.29, 1.82) is 0 Å². The summed E-state index contributed by atoms with van der Waals surface area (Å²) in [6.45, 7) is 23.1. The van der Waals surface area contributed by atoms with Crippen molar-refractivity contribution in [3.05, 3.63) is 69.5 Å². The first-order valence-electron chi connectivity index (χ1n) is 13.9. The first-order chi connectivity index (χ1) is 18.5. The number of carbonyl (C=O) groups is 2. The fourth-order valence-electron chi connectivity index (χ4n) is 3.06. The molecule has 0 bridgehead atoms. The van der Waals surface area contributed by atoms with E-state index in [1.165, 1.54) is 6.07 Å². The van der Waals surface area contributed by atoms with Gasteiger partial charge in [-0.3, -0.25) is 19.0 Å². The molecule has 1 aromatic carbocycles. The van der Waals surface area contributed by atoms with E-state index < -0.39 is 23.0 Å². The van der Waals surface area contributed by atoms with E-state index >= 15 is 0 Å². The highest BCUT2D eigenvalue weighted by atomic mass is 16.6. The first-order valence-corrected chi connectivity index (χ1v) is 13.9. The van der Waals surface area contributed by atoms with Crippen LogP contribution in [0.25, 0.3) is 11.0 Å². The zero-order valence-corrected chi connectivity index (χ0v) is 26.1. The predicted molar refractivity (Wildman–Crippen MR) is 171 cm³/mol. The highest BCUT2D eigenvalue weighted by Crippen LogP contribution is 2.15. The summed E-state index contributed by atoms with van der Waals surface area (Å²) in [5.74, 6) is -0.957. The number of ether oxygens (including phenoxy) is 1. The quantitative estimate of drug-likeness (QED) is 0.317. The highest BCUT2D eigenvalue weighted by Gasteiger charge is 2.21. The lowest BCUT2D eigenvalue weighted by Gasteiger charge is -2.20. The molecular weight excluding hydrogens is 504 g/mol. The van der Waals surface area contributed by atoms with Crippen LogP contribution in [0.2, 0.25) is 0 Å². The highest BCUT2D eigenvalue weighted by molar-refractivity contribution is 5.97. The maximum atomic E-state index is 13.1. The molecule has 1 amide bonds. The number of benzene rings is 1. The molecule has 0 fully saturated rings. The number of rotatable bonds is 5. The summed E-state index contributed by atoms with van der Waals surface area (Å²) in [6.07, 6.45) is 0. The Kier molecular flexibility index (Phi) is 21.6. The summed E-state index contributed by atoms with van der Waals surface area (Å²) in [5, 5.41) is 3.27. The number of fused-ring (bicyclic) bond motifs is 1. The minimum absolute atomic E-state index is 0. The van der Waals surface area contributed by atoms with Crippen molar-refractivity contribution in [2.24, 2.45) is 0 Å². The summed E-state index contributed by atoms with van der Waals surface area (Å²) >= 11 is 0. The van der Waals surface area contributed by atoms with Crippen molar-refractivity contribution in [3.8, 4) is 0 Å². The van der Waals surface area contributed by atoms with Crippen molar-refractivity contribution in [2.45, 2.75) is 109 Å². The van der Waals surface area contributed by atoms with Crippen molar-refractivity contribution in [2.75, 3.05) is 5.73 Å². The van der Waals surface area contributed by atoms with Gasteiger partial charge in [0.15, 0.2) is 0 Å². The monoisotopic (exact) mass is 558 g/mol. The third-order valence-corrected chi connectivity index (χ3v) is 4.48. The van der Waals surface area contributed by atoms with Crippen LogP contribution in [-0.2, 0) is 22.6 Å². The van der Waals surface area contributed by atoms with Crippen LogP contribution in [0.5, 0.6) is 0 Å². The minimum atomic E-state index is -0.716. The van der Waals surface area contributed by atoms with Crippen LogP contribution >= 0.6 is 0 Å². The third-order valence-electron chi connectivity index (χ3n) is 4.48. The van der Waals surface area contributed by atoms with Crippen molar-refractivity contribution in [1.82, 2.24) is 14.9 Å². The van der Waals surface area contributed by atoms with Gasteiger partial charge in [-0.15, -0.1) is 0 Å². The van der Waals surface area contributed by atoms with Gasteiger partial charge in [0.25, 0.3) is 11.5 Å². The molecule has 0 atom stereocenters. The molecule has 3 aromatic rings. The van der Waals surface area contributed by atoms with Crippen molar-refractivity contribution in [3.63, 3.8) is 0 Å². The number of nitrogens with two attached hydrogens (primary N) is 1. The number of aromatic nitrogens is 2. The maximum absolute atomic E-state index is 13.1. The Morgan fingerprint density at radius 2 is 1.45 bits per heavy atom. The zero-order valence-electron chi connectivity index (χ0n) is 26.1. The Morgan fingerprint density at radius 1 is 0.925 bits per heavy atom. The number of nitrogen functional groups attached to an aromatic ring is 1. The van der Waals surface area contributed by atoms with E-state index in [2.05, 4.69) is 10.3 Å². The SMILES string of the molecule is C.CC.CC.CC.CC.Cc1ccc(CNC(=O)c2cc3ccc(N)nc3n(CC(=O)OC(C)(C)C)c2=O)cc1. The number of pyridine rings is 2. The van der Waals surface area contributed by atoms with E-state index in [1.54, 1.807) is 32.9 Å². The van der Waals surface area contributed by atoms with Gasteiger partial charge in [-0.05, 0) is 51.5 Å². The molecule has 226 valence electrons. The first kappa shape index (κ1) is 40.8. The second-order valence-corrected chi connectivity index (χ2v) is 8.35. The molecule has 0 aliphatic carbocycles. The third kappa shape index (κ3) is 13.4. The average molecular weight is 559 g/mol. The zero-order chi connectivity index (χ0) is 30.8. The van der Waals surface area contributed by atoms with Crippen LogP contribution in [-0.4, -0.2) is 27.0 Å². The molecule has 0 radical (unpaired) electrons. The summed E-state index contributed by atoms with van der Waals surface area (Å²) in [7, 11) is 0. The van der Waals surface area contributed by atoms with Crippen molar-refractivity contribution < 1.29 is 14.3 Å². The van der Waals surface area contributed by atoms with Gasteiger partial charge in [-0.2, -0.15) is 0 Å². The number of amides is 1. The Hall–Kier alpha value is -3.68. The molecule has 8 heteroatoms.